The maximum Gasteiger partial charge on any atom is 0.251 e. The molecule has 2 heterocycles. The number of aryl methyl sites for hydroxylation is 1. The number of amides is 1. The Labute approximate surface area is 146 Å². The van der Waals surface area contributed by atoms with Gasteiger partial charge in [0, 0.05) is 24.1 Å². The Bertz CT molecular complexity index is 754. The van der Waals surface area contributed by atoms with Gasteiger partial charge in [-0.2, -0.15) is 4.73 Å². The first-order valence-corrected chi connectivity index (χ1v) is 9.02. The van der Waals surface area contributed by atoms with Gasteiger partial charge in [-0.1, -0.05) is 13.8 Å². The molecule has 2 aromatic rings. The zero-order valence-corrected chi connectivity index (χ0v) is 15.0. The molecule has 0 unspecified atom stereocenters. The van der Waals surface area contributed by atoms with Crippen LogP contribution in [0.2, 0.25) is 0 Å². The highest BCUT2D eigenvalue weighted by Crippen LogP contribution is 2.42. The number of aromatic nitrogens is 1. The van der Waals surface area contributed by atoms with Crippen LogP contribution in [-0.4, -0.2) is 11.7 Å². The van der Waals surface area contributed by atoms with E-state index in [0.29, 0.717) is 5.03 Å². The van der Waals surface area contributed by atoms with Gasteiger partial charge < -0.3 is 14.9 Å². The standard InChI is InChI=1S/C18H22N2O3S/c1-12-8-13-14(9-18(2,3)10-15(13)23-12)19-16(21)11-24-17-6-4-5-7-20(17)22/h4-8,14H,9-11H2,1-3H3,(H,19,21)/t14-/m1/s1. The number of pyridine rings is 1. The van der Waals surface area contributed by atoms with Crippen molar-refractivity contribution in [3.63, 3.8) is 0 Å². The van der Waals surface area contributed by atoms with Gasteiger partial charge in [0.05, 0.1) is 11.8 Å². The van der Waals surface area contributed by atoms with E-state index in [4.69, 9.17) is 4.42 Å². The lowest BCUT2D eigenvalue weighted by Crippen LogP contribution is -2.37. The molecule has 1 aliphatic rings. The maximum absolute atomic E-state index is 12.3. The fourth-order valence-electron chi connectivity index (χ4n) is 3.21. The lowest BCUT2D eigenvalue weighted by molar-refractivity contribution is -0.645. The van der Waals surface area contributed by atoms with Gasteiger partial charge in [-0.05, 0) is 42.7 Å². The molecule has 1 atom stereocenters. The molecule has 1 amide bonds. The highest BCUT2D eigenvalue weighted by molar-refractivity contribution is 7.99. The van der Waals surface area contributed by atoms with E-state index in [1.165, 1.54) is 18.0 Å². The second-order valence-electron chi connectivity index (χ2n) is 7.05. The second kappa shape index (κ2) is 6.51. The third-order valence-corrected chi connectivity index (χ3v) is 5.23. The predicted octanol–water partition coefficient (Wildman–Crippen LogP) is 3.14. The Morgan fingerprint density at radius 2 is 2.29 bits per heavy atom. The van der Waals surface area contributed by atoms with E-state index < -0.39 is 0 Å². The fourth-order valence-corrected chi connectivity index (χ4v) is 3.94. The highest BCUT2D eigenvalue weighted by atomic mass is 32.2. The number of furan rings is 1. The molecule has 5 nitrogen and oxygen atoms in total. The van der Waals surface area contributed by atoms with E-state index in [9.17, 15) is 10.0 Å². The van der Waals surface area contributed by atoms with Crippen LogP contribution in [0.25, 0.3) is 0 Å². The summed E-state index contributed by atoms with van der Waals surface area (Å²) < 4.78 is 6.57. The van der Waals surface area contributed by atoms with Crippen molar-refractivity contribution in [3.05, 3.63) is 52.8 Å². The smallest absolute Gasteiger partial charge is 0.251 e. The van der Waals surface area contributed by atoms with Gasteiger partial charge >= 0.3 is 0 Å². The number of hydrogen-bond acceptors (Lipinski definition) is 4. The molecule has 0 bridgehead atoms. The summed E-state index contributed by atoms with van der Waals surface area (Å²) in [4.78, 5) is 12.3. The Morgan fingerprint density at radius 1 is 1.50 bits per heavy atom. The molecule has 0 aromatic carbocycles. The van der Waals surface area contributed by atoms with E-state index in [1.54, 1.807) is 18.2 Å². The van der Waals surface area contributed by atoms with E-state index >= 15 is 0 Å². The van der Waals surface area contributed by atoms with Gasteiger partial charge in [-0.25, -0.2) is 0 Å². The number of nitrogens with zero attached hydrogens (tertiary/aromatic N) is 1. The molecule has 24 heavy (non-hydrogen) atoms. The normalized spacial score (nSPS) is 18.9. The van der Waals surface area contributed by atoms with Crippen LogP contribution in [0, 0.1) is 17.5 Å². The van der Waals surface area contributed by atoms with Gasteiger partial charge in [0.1, 0.15) is 11.5 Å². The average molecular weight is 346 g/mol. The predicted molar refractivity (Wildman–Crippen MR) is 92.6 cm³/mol. The van der Waals surface area contributed by atoms with Crippen molar-refractivity contribution < 1.29 is 13.9 Å². The van der Waals surface area contributed by atoms with Crippen molar-refractivity contribution in [2.45, 2.75) is 44.7 Å². The molecule has 0 spiro atoms. The summed E-state index contributed by atoms with van der Waals surface area (Å²) in [6.45, 7) is 6.31. The molecule has 128 valence electrons. The number of carbonyl (C=O) groups excluding carboxylic acids is 1. The van der Waals surface area contributed by atoms with Crippen LogP contribution in [0.15, 0.2) is 39.9 Å². The molecule has 0 saturated heterocycles. The first-order valence-electron chi connectivity index (χ1n) is 8.04. The van der Waals surface area contributed by atoms with E-state index in [2.05, 4.69) is 19.2 Å². The van der Waals surface area contributed by atoms with Gasteiger partial charge in [-0.3, -0.25) is 4.79 Å². The fraction of sp³-hybridized carbons (Fsp3) is 0.444. The Hall–Kier alpha value is -1.95. The number of thioether (sulfide) groups is 1. The minimum absolute atomic E-state index is 0.0375. The van der Waals surface area contributed by atoms with Crippen LogP contribution in [-0.2, 0) is 11.2 Å². The Kier molecular flexibility index (Phi) is 4.58. The SMILES string of the molecule is Cc1cc2c(o1)CC(C)(C)C[C@H]2NC(=O)CSc1cccc[n+]1[O-]. The van der Waals surface area contributed by atoms with Gasteiger partial charge in [0.2, 0.25) is 5.91 Å². The number of nitrogens with one attached hydrogen (secondary N) is 1. The van der Waals surface area contributed by atoms with Gasteiger partial charge in [-0.15, -0.1) is 0 Å². The third-order valence-electron chi connectivity index (χ3n) is 4.21. The summed E-state index contributed by atoms with van der Waals surface area (Å²) >= 11 is 1.25. The Morgan fingerprint density at radius 3 is 3.04 bits per heavy atom. The quantitative estimate of drug-likeness (QED) is 0.524. The first-order chi connectivity index (χ1) is 11.3. The van der Waals surface area contributed by atoms with Crippen LogP contribution in [0.3, 0.4) is 0 Å². The van der Waals surface area contributed by atoms with Crippen molar-refractivity contribution in [1.82, 2.24) is 5.32 Å². The summed E-state index contributed by atoms with van der Waals surface area (Å²) in [6.07, 6.45) is 3.20. The van der Waals surface area contributed by atoms with Crippen LogP contribution in [0.4, 0.5) is 0 Å². The lowest BCUT2D eigenvalue weighted by atomic mass is 9.75. The lowest BCUT2D eigenvalue weighted by Gasteiger charge is -2.34. The number of carbonyl (C=O) groups is 1. The summed E-state index contributed by atoms with van der Waals surface area (Å²) in [5, 5.41) is 15.3. The molecular weight excluding hydrogens is 324 g/mol. The number of rotatable bonds is 4. The minimum atomic E-state index is -0.0728. The summed E-state index contributed by atoms with van der Waals surface area (Å²) in [7, 11) is 0. The zero-order valence-electron chi connectivity index (χ0n) is 14.2. The molecule has 6 heteroatoms. The molecule has 1 aliphatic carbocycles. The van der Waals surface area contributed by atoms with E-state index in [1.807, 2.05) is 13.0 Å². The molecule has 2 aromatic heterocycles. The summed E-state index contributed by atoms with van der Waals surface area (Å²) in [6, 6.07) is 7.16. The van der Waals surface area contributed by atoms with Crippen LogP contribution >= 0.6 is 11.8 Å². The maximum atomic E-state index is 12.3. The summed E-state index contributed by atoms with van der Waals surface area (Å²) in [5.74, 6) is 2.00. The van der Waals surface area contributed by atoms with Crippen molar-refractivity contribution >= 4 is 17.7 Å². The van der Waals surface area contributed by atoms with Gasteiger partial charge in [0.25, 0.3) is 5.03 Å². The minimum Gasteiger partial charge on any atom is -0.618 e. The van der Waals surface area contributed by atoms with Crippen LogP contribution in [0.5, 0.6) is 0 Å². The van der Waals surface area contributed by atoms with Crippen LogP contribution < -0.4 is 10.0 Å². The zero-order chi connectivity index (χ0) is 17.3. The topological polar surface area (TPSA) is 69.2 Å². The highest BCUT2D eigenvalue weighted by Gasteiger charge is 2.35. The third kappa shape index (κ3) is 3.75. The largest absolute Gasteiger partial charge is 0.618 e. The average Bonchev–Trinajstić information content (AvgIpc) is 2.85. The van der Waals surface area contributed by atoms with Gasteiger partial charge in [0.15, 0.2) is 6.20 Å². The molecule has 1 N–H and O–H groups in total. The van der Waals surface area contributed by atoms with Crippen molar-refractivity contribution in [3.8, 4) is 0 Å². The summed E-state index contributed by atoms with van der Waals surface area (Å²) in [5.41, 5.74) is 1.17. The molecular formula is C18H22N2O3S. The molecule has 0 fully saturated rings. The molecule has 0 aliphatic heterocycles. The molecule has 0 saturated carbocycles. The van der Waals surface area contributed by atoms with Crippen molar-refractivity contribution in [2.75, 3.05) is 5.75 Å². The van der Waals surface area contributed by atoms with Crippen molar-refractivity contribution in [2.24, 2.45) is 5.41 Å². The molecule has 0 radical (unpaired) electrons. The number of fused-ring (bicyclic) bond motifs is 1. The Balaban J connectivity index is 1.67. The second-order valence-corrected chi connectivity index (χ2v) is 8.05. The van der Waals surface area contributed by atoms with Crippen molar-refractivity contribution in [1.29, 1.82) is 0 Å². The first kappa shape index (κ1) is 16.9. The molecule has 3 rings (SSSR count). The number of hydrogen-bond donors (Lipinski definition) is 1. The van der Waals surface area contributed by atoms with E-state index in [-0.39, 0.29) is 23.1 Å². The van der Waals surface area contributed by atoms with Crippen LogP contribution in [0.1, 0.15) is 43.4 Å². The monoisotopic (exact) mass is 346 g/mol. The van der Waals surface area contributed by atoms with E-state index in [0.717, 1.165) is 34.7 Å².